The first-order valence-corrected chi connectivity index (χ1v) is 20.8. The first-order valence-electron chi connectivity index (χ1n) is 20.8. The number of allylic oxidation sites excluding steroid dienone is 2. The van der Waals surface area contributed by atoms with Crippen molar-refractivity contribution in [3.8, 4) is 0 Å². The van der Waals surface area contributed by atoms with E-state index >= 15 is 0 Å². The molecule has 0 amide bonds. The summed E-state index contributed by atoms with van der Waals surface area (Å²) in [5, 5.41) is 9.63. The third-order valence-electron chi connectivity index (χ3n) is 17.0. The molecular weight excluding hydrogens is 680 g/mol. The summed E-state index contributed by atoms with van der Waals surface area (Å²) in [6, 6.07) is 8.40. The van der Waals surface area contributed by atoms with Crippen molar-refractivity contribution in [1.82, 2.24) is 9.36 Å². The van der Waals surface area contributed by atoms with Crippen LogP contribution in [0.1, 0.15) is 144 Å². The molecule has 2 unspecified atom stereocenters. The van der Waals surface area contributed by atoms with E-state index in [1.54, 1.807) is 37.1 Å². The molecule has 1 aromatic carbocycles. The number of hydrogen-bond donors (Lipinski definition) is 1. The third-order valence-corrected chi connectivity index (χ3v) is 17.0. The topological polar surface area (TPSA) is 90.5 Å². The molecular formula is C46H65FN2O5. The fraction of sp³-hybridized carbons (Fsp3) is 0.717. The van der Waals surface area contributed by atoms with Gasteiger partial charge in [-0.1, -0.05) is 71.7 Å². The highest BCUT2D eigenvalue weighted by Gasteiger charge is 2.70. The van der Waals surface area contributed by atoms with Gasteiger partial charge in [0.15, 0.2) is 0 Å². The molecule has 1 N–H and O–H groups in total. The first-order chi connectivity index (χ1) is 25.1. The molecule has 7 rings (SSSR count). The maximum atomic E-state index is 13.8. The van der Waals surface area contributed by atoms with E-state index in [2.05, 4.69) is 60.2 Å². The molecule has 2 aromatic rings. The van der Waals surface area contributed by atoms with Gasteiger partial charge < -0.3 is 9.84 Å². The lowest BCUT2D eigenvalue weighted by atomic mass is 9.33. The number of nitrogens with zero attached hydrogens (tertiary/aromatic N) is 2. The average Bonchev–Trinajstić information content (AvgIpc) is 3.61. The predicted octanol–water partition coefficient (Wildman–Crippen LogP) is 9.84. The summed E-state index contributed by atoms with van der Waals surface area (Å²) in [7, 11) is 2.05. The number of carbonyl (C=O) groups excluding carboxylic acids is 1. The van der Waals surface area contributed by atoms with E-state index in [-0.39, 0.29) is 51.0 Å². The minimum Gasteiger partial charge on any atom is -0.481 e. The molecule has 0 spiro atoms. The Balaban J connectivity index is 1.20. The zero-order valence-corrected chi connectivity index (χ0v) is 34.6. The number of rotatable bonds is 8. The number of ether oxygens (including phenoxy) is 1. The molecule has 1 aromatic heterocycles. The smallest absolute Gasteiger partial charge is 0.309 e. The lowest BCUT2D eigenvalue weighted by Crippen LogP contribution is -2.66. The van der Waals surface area contributed by atoms with Crippen LogP contribution < -0.4 is 5.56 Å². The van der Waals surface area contributed by atoms with Crippen molar-refractivity contribution in [2.75, 3.05) is 0 Å². The van der Waals surface area contributed by atoms with E-state index in [0.717, 1.165) is 69.0 Å². The van der Waals surface area contributed by atoms with Gasteiger partial charge in [-0.2, -0.15) is 0 Å². The second-order valence-corrected chi connectivity index (χ2v) is 20.6. The minimum absolute atomic E-state index is 0.00768. The van der Waals surface area contributed by atoms with Gasteiger partial charge >= 0.3 is 11.9 Å². The van der Waals surface area contributed by atoms with Crippen molar-refractivity contribution >= 4 is 11.9 Å². The number of aliphatic carboxylic acids is 1. The highest BCUT2D eigenvalue weighted by atomic mass is 19.1. The van der Waals surface area contributed by atoms with Crippen molar-refractivity contribution in [3.05, 3.63) is 68.9 Å². The Morgan fingerprint density at radius 2 is 1.61 bits per heavy atom. The SMILES string of the molecule is CC(C)C1=C2[C@H]3CC[C@@H]4C5(C)CC[C@H](OC(=O)CC(C)(C)C(=O)O)C(C)(C)[C@@H]5CCC4(C)[C@]3(C)CC[C@@]2(c2cc(=O)n(Cc3ccc(F)cc3)n2C)CC1. The van der Waals surface area contributed by atoms with Gasteiger partial charge in [0.05, 0.1) is 24.1 Å². The van der Waals surface area contributed by atoms with Crippen molar-refractivity contribution in [1.29, 1.82) is 0 Å². The molecule has 5 aliphatic rings. The van der Waals surface area contributed by atoms with Crippen molar-refractivity contribution in [3.63, 3.8) is 0 Å². The zero-order valence-electron chi connectivity index (χ0n) is 34.6. The van der Waals surface area contributed by atoms with Crippen LogP contribution in [0, 0.1) is 56.6 Å². The van der Waals surface area contributed by atoms with Gasteiger partial charge in [-0.25, -0.2) is 9.07 Å². The van der Waals surface area contributed by atoms with Crippen molar-refractivity contribution in [2.24, 2.45) is 57.8 Å². The minimum atomic E-state index is -1.16. The maximum Gasteiger partial charge on any atom is 0.309 e. The van der Waals surface area contributed by atoms with Gasteiger partial charge in [-0.05, 0) is 136 Å². The predicted molar refractivity (Wildman–Crippen MR) is 209 cm³/mol. The second-order valence-electron chi connectivity index (χ2n) is 20.6. The molecule has 8 atom stereocenters. The Labute approximate surface area is 322 Å². The number of carboxylic acids is 1. The zero-order chi connectivity index (χ0) is 39.4. The third kappa shape index (κ3) is 5.64. The standard InChI is InChI=1S/C46H65FN2O5/c1-28(2)31-17-22-46(35-25-37(50)49(48(35)10)27-29-11-13-30(47)14-12-29)24-23-44(8)32(39(31)46)15-16-34-43(7)20-19-36(54-38(51)26-41(3,4)40(52)53)42(5,6)33(43)18-21-45(34,44)9/h11-14,25,28,32-34,36H,15-24,26-27H2,1-10H3,(H,52,53)/t32-,33+,34-,36+,43?,44-,45?,46-/m1/s1. The Hall–Kier alpha value is -3.16. The number of carboxylic acid groups (broad SMARTS) is 1. The number of esters is 1. The van der Waals surface area contributed by atoms with Crippen LogP contribution in [0.25, 0.3) is 0 Å². The highest BCUT2D eigenvalue weighted by Crippen LogP contribution is 2.77. The van der Waals surface area contributed by atoms with E-state index < -0.39 is 17.4 Å². The van der Waals surface area contributed by atoms with E-state index in [9.17, 15) is 23.9 Å². The van der Waals surface area contributed by atoms with E-state index in [1.807, 2.05) is 10.7 Å². The quantitative estimate of drug-likeness (QED) is 0.215. The summed E-state index contributed by atoms with van der Waals surface area (Å²) in [5.41, 5.74) is 4.14. The monoisotopic (exact) mass is 744 g/mol. The summed E-state index contributed by atoms with van der Waals surface area (Å²) in [5.74, 6) is 0.183. The van der Waals surface area contributed by atoms with E-state index in [1.165, 1.54) is 18.6 Å². The molecule has 296 valence electrons. The molecule has 1 heterocycles. The number of carbonyl (C=O) groups is 2. The van der Waals surface area contributed by atoms with Gasteiger partial charge in [-0.3, -0.25) is 19.1 Å². The summed E-state index contributed by atoms with van der Waals surface area (Å²) in [6.07, 6.45) is 10.3. The lowest BCUT2D eigenvalue weighted by Gasteiger charge is -2.72. The van der Waals surface area contributed by atoms with Gasteiger partial charge in [0, 0.05) is 23.9 Å². The lowest BCUT2D eigenvalue weighted by molar-refractivity contribution is -0.232. The van der Waals surface area contributed by atoms with Gasteiger partial charge in [0.1, 0.15) is 11.9 Å². The van der Waals surface area contributed by atoms with Crippen LogP contribution in [-0.4, -0.2) is 32.5 Å². The van der Waals surface area contributed by atoms with Crippen LogP contribution in [0.5, 0.6) is 0 Å². The Morgan fingerprint density at radius 3 is 2.26 bits per heavy atom. The van der Waals surface area contributed by atoms with E-state index in [0.29, 0.717) is 30.2 Å². The number of fused-ring (bicyclic) bond motifs is 7. The normalized spacial score (nSPS) is 35.9. The van der Waals surface area contributed by atoms with Crippen LogP contribution in [0.15, 0.2) is 46.3 Å². The summed E-state index contributed by atoms with van der Waals surface area (Å²) in [4.78, 5) is 38.7. The summed E-state index contributed by atoms with van der Waals surface area (Å²) < 4.78 is 23.9. The van der Waals surface area contributed by atoms with Gasteiger partial charge in [0.25, 0.3) is 5.56 Å². The molecule has 5 aliphatic carbocycles. The Kier molecular flexibility index (Phi) is 9.37. The molecule has 54 heavy (non-hydrogen) atoms. The van der Waals surface area contributed by atoms with Crippen molar-refractivity contribution in [2.45, 2.75) is 151 Å². The number of benzene rings is 1. The molecule has 7 nitrogen and oxygen atoms in total. The number of aromatic nitrogens is 2. The van der Waals surface area contributed by atoms with Crippen LogP contribution in [0.3, 0.4) is 0 Å². The Morgan fingerprint density at radius 1 is 0.926 bits per heavy atom. The highest BCUT2D eigenvalue weighted by molar-refractivity contribution is 5.81. The first kappa shape index (κ1) is 39.1. The van der Waals surface area contributed by atoms with Gasteiger partial charge in [0.2, 0.25) is 0 Å². The maximum absolute atomic E-state index is 13.8. The van der Waals surface area contributed by atoms with Gasteiger partial charge in [-0.15, -0.1) is 0 Å². The fourth-order valence-corrected chi connectivity index (χ4v) is 13.8. The number of hydrogen-bond acceptors (Lipinski definition) is 4. The van der Waals surface area contributed by atoms with Crippen LogP contribution in [-0.2, 0) is 33.3 Å². The second kappa shape index (κ2) is 12.9. The summed E-state index contributed by atoms with van der Waals surface area (Å²) >= 11 is 0. The molecule has 8 heteroatoms. The van der Waals surface area contributed by atoms with Crippen LogP contribution in [0.4, 0.5) is 4.39 Å². The van der Waals surface area contributed by atoms with E-state index in [4.69, 9.17) is 4.74 Å². The Bertz CT molecular complexity index is 1920. The molecule has 0 saturated heterocycles. The molecule has 0 radical (unpaired) electrons. The van der Waals surface area contributed by atoms with Crippen LogP contribution in [0.2, 0.25) is 0 Å². The fourth-order valence-electron chi connectivity index (χ4n) is 13.8. The summed E-state index contributed by atoms with van der Waals surface area (Å²) in [6.45, 7) is 20.7. The largest absolute Gasteiger partial charge is 0.481 e. The number of halogens is 1. The van der Waals surface area contributed by atoms with Crippen LogP contribution >= 0.6 is 0 Å². The van der Waals surface area contributed by atoms with Crippen molar-refractivity contribution < 1.29 is 23.8 Å². The molecule has 0 aliphatic heterocycles. The average molecular weight is 745 g/mol. The molecule has 4 fully saturated rings. The molecule has 0 bridgehead atoms. The molecule has 4 saturated carbocycles.